The largest absolute Gasteiger partial charge is 0.468 e. The highest BCUT2D eigenvalue weighted by molar-refractivity contribution is 6.74. The first-order chi connectivity index (χ1) is 17.0. The fourth-order valence-electron chi connectivity index (χ4n) is 3.88. The predicted molar refractivity (Wildman–Crippen MR) is 148 cm³/mol. The summed E-state index contributed by atoms with van der Waals surface area (Å²) in [5.41, 5.74) is 3.00. The fraction of sp³-hybridized carbons (Fsp3) is 0.467. The van der Waals surface area contributed by atoms with Crippen LogP contribution in [0, 0.1) is 11.8 Å². The van der Waals surface area contributed by atoms with Gasteiger partial charge in [-0.2, -0.15) is 0 Å². The molecule has 2 aromatic rings. The van der Waals surface area contributed by atoms with Crippen LogP contribution in [-0.4, -0.2) is 41.1 Å². The van der Waals surface area contributed by atoms with Gasteiger partial charge in [0.05, 0.1) is 14.2 Å². The minimum absolute atomic E-state index is 0.152. The van der Waals surface area contributed by atoms with E-state index in [0.29, 0.717) is 13.0 Å². The first-order valence-electron chi connectivity index (χ1n) is 12.6. The molecule has 0 heterocycles. The van der Waals surface area contributed by atoms with Gasteiger partial charge in [-0.15, -0.1) is 0 Å². The zero-order valence-electron chi connectivity index (χ0n) is 22.9. The third-order valence-corrected chi connectivity index (χ3v) is 11.6. The molecule has 0 fully saturated rings. The van der Waals surface area contributed by atoms with Gasteiger partial charge in [-0.3, -0.25) is 9.59 Å². The molecule has 196 valence electrons. The van der Waals surface area contributed by atoms with Gasteiger partial charge in [0.1, 0.15) is 0 Å². The molecule has 0 unspecified atom stereocenters. The number of unbranched alkanes of at least 4 members (excludes halogenated alkanes) is 1. The molecule has 36 heavy (non-hydrogen) atoms. The number of hydrogen-bond acceptors (Lipinski definition) is 5. The van der Waals surface area contributed by atoms with Crippen LogP contribution in [0.5, 0.6) is 0 Å². The first kappa shape index (κ1) is 29.5. The van der Waals surface area contributed by atoms with Crippen LogP contribution in [0.25, 0.3) is 5.57 Å². The molecule has 0 saturated carbocycles. The van der Waals surface area contributed by atoms with E-state index in [2.05, 4.69) is 33.9 Å². The minimum Gasteiger partial charge on any atom is -0.468 e. The second-order valence-corrected chi connectivity index (χ2v) is 15.4. The van der Waals surface area contributed by atoms with E-state index in [1.54, 1.807) is 0 Å². The van der Waals surface area contributed by atoms with Crippen LogP contribution in [0.4, 0.5) is 0 Å². The lowest BCUT2D eigenvalue weighted by Crippen LogP contribution is -2.41. The average Bonchev–Trinajstić information content (AvgIpc) is 2.86. The van der Waals surface area contributed by atoms with Crippen molar-refractivity contribution in [1.82, 2.24) is 0 Å². The summed E-state index contributed by atoms with van der Waals surface area (Å²) in [5, 5.41) is 0.152. The summed E-state index contributed by atoms with van der Waals surface area (Å²) < 4.78 is 16.4. The third-order valence-electron chi connectivity index (χ3n) is 7.09. The monoisotopic (exact) mass is 510 g/mol. The van der Waals surface area contributed by atoms with Crippen molar-refractivity contribution < 1.29 is 23.5 Å². The number of benzene rings is 2. The van der Waals surface area contributed by atoms with Gasteiger partial charge in [0.15, 0.2) is 14.2 Å². The molecular weight excluding hydrogens is 468 g/mol. The van der Waals surface area contributed by atoms with Crippen molar-refractivity contribution in [2.45, 2.75) is 58.2 Å². The van der Waals surface area contributed by atoms with E-state index in [4.69, 9.17) is 13.9 Å². The van der Waals surface area contributed by atoms with Crippen LogP contribution < -0.4 is 0 Å². The van der Waals surface area contributed by atoms with Crippen molar-refractivity contribution in [2.24, 2.45) is 11.8 Å². The summed E-state index contributed by atoms with van der Waals surface area (Å²) in [6.45, 7) is 11.8. The summed E-state index contributed by atoms with van der Waals surface area (Å²) in [4.78, 5) is 25.5. The van der Waals surface area contributed by atoms with Gasteiger partial charge in [-0.05, 0) is 47.7 Å². The van der Waals surface area contributed by atoms with E-state index in [-0.39, 0.29) is 5.04 Å². The second kappa shape index (κ2) is 13.6. The lowest BCUT2D eigenvalue weighted by Gasteiger charge is -2.36. The van der Waals surface area contributed by atoms with Crippen LogP contribution in [0.1, 0.15) is 51.2 Å². The summed E-state index contributed by atoms with van der Waals surface area (Å²) in [7, 11) is 0.788. The fourth-order valence-corrected chi connectivity index (χ4v) is 4.97. The lowest BCUT2D eigenvalue weighted by molar-refractivity contribution is -0.160. The van der Waals surface area contributed by atoms with E-state index in [0.717, 1.165) is 29.5 Å². The average molecular weight is 511 g/mol. The number of carbonyl (C=O) groups is 2. The highest BCUT2D eigenvalue weighted by Crippen LogP contribution is 2.37. The van der Waals surface area contributed by atoms with Crippen molar-refractivity contribution in [3.05, 3.63) is 77.9 Å². The summed E-state index contributed by atoms with van der Waals surface area (Å²) in [6, 6.07) is 20.0. The molecule has 0 bridgehead atoms. The van der Waals surface area contributed by atoms with Gasteiger partial charge in [-0.25, -0.2) is 0 Å². The Kier molecular flexibility index (Phi) is 11.1. The Balaban J connectivity index is 2.37. The number of ether oxygens (including phenoxy) is 2. The van der Waals surface area contributed by atoms with E-state index in [1.807, 2.05) is 66.7 Å². The maximum atomic E-state index is 12.8. The maximum Gasteiger partial charge on any atom is 0.320 e. The van der Waals surface area contributed by atoms with E-state index < -0.39 is 32.1 Å². The third kappa shape index (κ3) is 8.17. The van der Waals surface area contributed by atoms with Crippen molar-refractivity contribution in [3.8, 4) is 0 Å². The van der Waals surface area contributed by atoms with Gasteiger partial charge < -0.3 is 13.9 Å². The molecule has 6 heteroatoms. The molecule has 0 saturated heterocycles. The summed E-state index contributed by atoms with van der Waals surface area (Å²) in [5.74, 6) is -2.60. The first-order valence-corrected chi connectivity index (χ1v) is 15.5. The van der Waals surface area contributed by atoms with Crippen LogP contribution in [0.15, 0.2) is 66.7 Å². The normalized spacial score (nSPS) is 12.7. The van der Waals surface area contributed by atoms with E-state index in [1.165, 1.54) is 14.2 Å². The number of esters is 2. The van der Waals surface area contributed by atoms with Crippen LogP contribution in [0.2, 0.25) is 18.1 Å². The number of allylic oxidation sites excluding steroid dienone is 1. The molecule has 0 amide bonds. The molecule has 5 nitrogen and oxygen atoms in total. The highest BCUT2D eigenvalue weighted by Gasteiger charge is 2.38. The molecule has 0 aliphatic heterocycles. The maximum absolute atomic E-state index is 12.8. The number of hydrogen-bond donors (Lipinski definition) is 0. The molecule has 2 aromatic carbocycles. The Morgan fingerprint density at radius 2 is 1.31 bits per heavy atom. The van der Waals surface area contributed by atoms with Crippen LogP contribution in [-0.2, 0) is 23.5 Å². The van der Waals surface area contributed by atoms with Crippen molar-refractivity contribution in [1.29, 1.82) is 0 Å². The minimum atomic E-state index is -1.83. The molecule has 0 aliphatic rings. The second-order valence-electron chi connectivity index (χ2n) is 10.6. The molecule has 0 radical (unpaired) electrons. The Morgan fingerprint density at radius 3 is 1.72 bits per heavy atom. The summed E-state index contributed by atoms with van der Waals surface area (Å²) in [6.07, 6.45) is 4.31. The van der Waals surface area contributed by atoms with Gasteiger partial charge in [0.2, 0.25) is 0 Å². The zero-order valence-corrected chi connectivity index (χ0v) is 23.9. The van der Waals surface area contributed by atoms with Gasteiger partial charge in [0.25, 0.3) is 0 Å². The van der Waals surface area contributed by atoms with Crippen molar-refractivity contribution >= 4 is 25.8 Å². The smallest absolute Gasteiger partial charge is 0.320 e. The quantitative estimate of drug-likeness (QED) is 0.135. The Hall–Kier alpha value is -2.70. The summed E-state index contributed by atoms with van der Waals surface area (Å²) >= 11 is 0. The Labute approximate surface area is 218 Å². The van der Waals surface area contributed by atoms with Gasteiger partial charge in [-0.1, -0.05) is 93.9 Å². The van der Waals surface area contributed by atoms with Crippen molar-refractivity contribution in [3.63, 3.8) is 0 Å². The zero-order chi connectivity index (χ0) is 26.8. The predicted octanol–water partition coefficient (Wildman–Crippen LogP) is 6.89. The Bertz CT molecular complexity index is 936. The number of carbonyl (C=O) groups excluding carboxylic acids is 2. The standard InChI is InChI=1S/C30H42O5Si/c1-30(2,3)36(6,7)35-21-15-14-20-25(27(28(31)33-4)29(32)34-5)22-26(23-16-10-8-11-17-23)24-18-12-9-13-19-24/h8-13,16-19,22,25,27H,14-15,20-21H2,1-7H3/t25-/m0/s1. The highest BCUT2D eigenvalue weighted by atomic mass is 28.4. The topological polar surface area (TPSA) is 61.8 Å². The SMILES string of the molecule is COC(=O)C(C(=O)OC)[C@H](C=C(c1ccccc1)c1ccccc1)CCCCO[Si](C)(C)C(C)(C)C. The molecule has 2 rings (SSSR count). The van der Waals surface area contributed by atoms with E-state index >= 15 is 0 Å². The molecule has 0 spiro atoms. The van der Waals surface area contributed by atoms with Crippen LogP contribution in [0.3, 0.4) is 0 Å². The molecule has 1 atom stereocenters. The van der Waals surface area contributed by atoms with Crippen molar-refractivity contribution in [2.75, 3.05) is 20.8 Å². The Morgan fingerprint density at radius 1 is 0.833 bits per heavy atom. The van der Waals surface area contributed by atoms with E-state index in [9.17, 15) is 9.59 Å². The number of methoxy groups -OCH3 is 2. The van der Waals surface area contributed by atoms with Gasteiger partial charge in [0, 0.05) is 12.5 Å². The van der Waals surface area contributed by atoms with Crippen LogP contribution >= 0.6 is 0 Å². The lowest BCUT2D eigenvalue weighted by atomic mass is 9.83. The molecular formula is C30H42O5Si. The van der Waals surface area contributed by atoms with Gasteiger partial charge >= 0.3 is 11.9 Å². The molecule has 0 N–H and O–H groups in total. The molecule has 0 aromatic heterocycles. The number of rotatable bonds is 12. The molecule has 0 aliphatic carbocycles.